The van der Waals surface area contributed by atoms with Crippen molar-refractivity contribution in [3.05, 3.63) is 65.1 Å². The smallest absolute Gasteiger partial charge is 0.115 e. The summed E-state index contributed by atoms with van der Waals surface area (Å²) in [4.78, 5) is 0. The first-order valence-corrected chi connectivity index (χ1v) is 8.54. The molecule has 3 unspecified atom stereocenters. The molecule has 1 aromatic carbocycles. The van der Waals surface area contributed by atoms with E-state index in [0.717, 1.165) is 31.2 Å². The van der Waals surface area contributed by atoms with Crippen molar-refractivity contribution in [2.45, 2.75) is 38.2 Å². The largest absolute Gasteiger partial charge is 0.510 e. The summed E-state index contributed by atoms with van der Waals surface area (Å²) in [5.74, 6) is 0.774. The first kappa shape index (κ1) is 16.7. The molecule has 4 nitrogen and oxygen atoms in total. The highest BCUT2D eigenvalue weighted by Gasteiger charge is 2.29. The number of hydrogen-bond donors (Lipinski definition) is 4. The van der Waals surface area contributed by atoms with E-state index in [1.807, 2.05) is 24.3 Å². The van der Waals surface area contributed by atoms with E-state index >= 15 is 0 Å². The van der Waals surface area contributed by atoms with Crippen LogP contribution < -0.4 is 5.73 Å². The van der Waals surface area contributed by atoms with E-state index in [1.165, 1.54) is 5.57 Å². The number of rotatable bonds is 4. The van der Waals surface area contributed by atoms with Crippen molar-refractivity contribution < 1.29 is 15.3 Å². The third-order valence-corrected chi connectivity index (χ3v) is 5.04. The number of aliphatic hydroxyl groups is 2. The van der Waals surface area contributed by atoms with E-state index < -0.39 is 0 Å². The number of aliphatic hydroxyl groups excluding tert-OH is 2. The Morgan fingerprint density at radius 1 is 1.00 bits per heavy atom. The summed E-state index contributed by atoms with van der Waals surface area (Å²) in [6.07, 6.45) is 9.49. The molecule has 0 radical (unpaired) electrons. The molecule has 5 N–H and O–H groups in total. The minimum Gasteiger partial charge on any atom is -0.510 e. The third-order valence-electron chi connectivity index (χ3n) is 5.04. The van der Waals surface area contributed by atoms with Crippen molar-refractivity contribution in [3.63, 3.8) is 0 Å². The van der Waals surface area contributed by atoms with Crippen molar-refractivity contribution in [1.29, 1.82) is 0 Å². The van der Waals surface area contributed by atoms with Crippen LogP contribution in [-0.4, -0.2) is 21.4 Å². The Hall–Kier alpha value is -2.20. The van der Waals surface area contributed by atoms with Crippen LogP contribution in [0.3, 0.4) is 0 Å². The van der Waals surface area contributed by atoms with E-state index in [1.54, 1.807) is 12.1 Å². The zero-order valence-corrected chi connectivity index (χ0v) is 13.7. The van der Waals surface area contributed by atoms with Crippen LogP contribution in [0.2, 0.25) is 0 Å². The Labute approximate surface area is 142 Å². The van der Waals surface area contributed by atoms with Gasteiger partial charge in [-0.15, -0.1) is 0 Å². The van der Waals surface area contributed by atoms with Crippen LogP contribution in [0.5, 0.6) is 5.75 Å². The summed E-state index contributed by atoms with van der Waals surface area (Å²) in [6.45, 7) is 0. The number of phenolic OH excluding ortho intramolecular Hbond substituents is 1. The Morgan fingerprint density at radius 2 is 1.71 bits per heavy atom. The van der Waals surface area contributed by atoms with Gasteiger partial charge in [-0.25, -0.2) is 0 Å². The lowest BCUT2D eigenvalue weighted by Crippen LogP contribution is -2.26. The molecule has 0 spiro atoms. The fraction of sp³-hybridized carbons (Fsp3) is 0.400. The zero-order chi connectivity index (χ0) is 17.1. The molecule has 0 aromatic heterocycles. The van der Waals surface area contributed by atoms with Crippen molar-refractivity contribution in [2.24, 2.45) is 17.6 Å². The fourth-order valence-corrected chi connectivity index (χ4v) is 3.56. The molecular formula is C20H25NO3. The normalized spacial score (nSPS) is 27.2. The molecule has 0 saturated carbocycles. The third kappa shape index (κ3) is 3.82. The molecule has 0 saturated heterocycles. The van der Waals surface area contributed by atoms with Gasteiger partial charge in [0.2, 0.25) is 0 Å². The predicted octanol–water partition coefficient (Wildman–Crippen LogP) is 3.33. The van der Waals surface area contributed by atoms with Crippen LogP contribution in [0.15, 0.2) is 59.5 Å². The van der Waals surface area contributed by atoms with Crippen molar-refractivity contribution in [3.8, 4) is 5.75 Å². The molecule has 2 aliphatic carbocycles. The molecule has 128 valence electrons. The summed E-state index contributed by atoms with van der Waals surface area (Å²) in [5.41, 5.74) is 9.09. The number of hydrogen-bond acceptors (Lipinski definition) is 4. The Balaban J connectivity index is 1.66. The van der Waals surface area contributed by atoms with Gasteiger partial charge in [0, 0.05) is 17.5 Å². The second-order valence-electron chi connectivity index (χ2n) is 6.83. The summed E-state index contributed by atoms with van der Waals surface area (Å²) in [7, 11) is 0. The van der Waals surface area contributed by atoms with E-state index in [0.29, 0.717) is 17.9 Å². The van der Waals surface area contributed by atoms with Crippen LogP contribution >= 0.6 is 0 Å². The topological polar surface area (TPSA) is 86.7 Å². The van der Waals surface area contributed by atoms with E-state index in [4.69, 9.17) is 5.73 Å². The Morgan fingerprint density at radius 3 is 2.38 bits per heavy atom. The highest BCUT2D eigenvalue weighted by molar-refractivity contribution is 5.29. The maximum atomic E-state index is 10.5. The Bertz CT molecular complexity index is 673. The van der Waals surface area contributed by atoms with E-state index in [9.17, 15) is 15.3 Å². The molecule has 0 fully saturated rings. The average molecular weight is 327 g/mol. The summed E-state index contributed by atoms with van der Waals surface area (Å²) >= 11 is 0. The fourth-order valence-electron chi connectivity index (χ4n) is 3.56. The van der Waals surface area contributed by atoms with Crippen LogP contribution in [0.25, 0.3) is 0 Å². The van der Waals surface area contributed by atoms with Gasteiger partial charge in [-0.05, 0) is 49.8 Å². The van der Waals surface area contributed by atoms with Crippen molar-refractivity contribution in [1.82, 2.24) is 0 Å². The van der Waals surface area contributed by atoms with E-state index in [2.05, 4.69) is 6.08 Å². The summed E-state index contributed by atoms with van der Waals surface area (Å²) < 4.78 is 0. The molecule has 0 aliphatic heterocycles. The molecule has 4 heteroatoms. The standard InChI is InChI=1S/C20H25NO3/c21-19-15(11-13-1-7-17(22)8-2-13)5-6-16(20(19)24)12-14-3-9-18(23)10-4-14/h1-4,7,9-10,15-17,22-24H,5-6,8,11-12,21H2. The van der Waals surface area contributed by atoms with Gasteiger partial charge in [-0.3, -0.25) is 0 Å². The average Bonchev–Trinajstić information content (AvgIpc) is 2.58. The summed E-state index contributed by atoms with van der Waals surface area (Å²) in [6, 6.07) is 7.10. The lowest BCUT2D eigenvalue weighted by molar-refractivity contribution is 0.224. The molecule has 2 aliphatic rings. The highest BCUT2D eigenvalue weighted by Crippen LogP contribution is 2.36. The van der Waals surface area contributed by atoms with Crippen molar-refractivity contribution in [2.75, 3.05) is 0 Å². The van der Waals surface area contributed by atoms with Crippen LogP contribution in [0.4, 0.5) is 0 Å². The SMILES string of the molecule is NC1=C(O)C(Cc2ccc(O)cc2)CCC1CC1=CCC(O)C=C1. The maximum Gasteiger partial charge on any atom is 0.115 e. The zero-order valence-electron chi connectivity index (χ0n) is 13.7. The van der Waals surface area contributed by atoms with Gasteiger partial charge >= 0.3 is 0 Å². The van der Waals surface area contributed by atoms with Crippen LogP contribution in [0, 0.1) is 11.8 Å². The van der Waals surface area contributed by atoms with Gasteiger partial charge in [0.1, 0.15) is 11.5 Å². The van der Waals surface area contributed by atoms with E-state index in [-0.39, 0.29) is 23.7 Å². The molecule has 3 atom stereocenters. The van der Waals surface area contributed by atoms with Gasteiger partial charge in [0.15, 0.2) is 0 Å². The number of aromatic hydroxyl groups is 1. The molecule has 3 rings (SSSR count). The maximum absolute atomic E-state index is 10.5. The first-order chi connectivity index (χ1) is 11.5. The minimum absolute atomic E-state index is 0.0449. The van der Waals surface area contributed by atoms with Gasteiger partial charge in [0.05, 0.1) is 6.10 Å². The lowest BCUT2D eigenvalue weighted by atomic mass is 9.78. The second kappa shape index (κ2) is 7.14. The summed E-state index contributed by atoms with van der Waals surface area (Å²) in [5, 5.41) is 29.4. The second-order valence-corrected chi connectivity index (χ2v) is 6.83. The minimum atomic E-state index is -0.379. The lowest BCUT2D eigenvalue weighted by Gasteiger charge is -2.30. The number of phenols is 1. The molecule has 0 amide bonds. The van der Waals surface area contributed by atoms with Gasteiger partial charge in [-0.1, -0.05) is 35.9 Å². The van der Waals surface area contributed by atoms with Gasteiger partial charge in [0.25, 0.3) is 0 Å². The quantitative estimate of drug-likeness (QED) is 0.683. The van der Waals surface area contributed by atoms with Crippen LogP contribution in [-0.2, 0) is 6.42 Å². The van der Waals surface area contributed by atoms with Gasteiger partial charge < -0.3 is 21.1 Å². The van der Waals surface area contributed by atoms with Crippen molar-refractivity contribution >= 4 is 0 Å². The monoisotopic (exact) mass is 327 g/mol. The first-order valence-electron chi connectivity index (χ1n) is 8.54. The van der Waals surface area contributed by atoms with Gasteiger partial charge in [-0.2, -0.15) is 0 Å². The highest BCUT2D eigenvalue weighted by atomic mass is 16.3. The number of nitrogens with two attached hydrogens (primary N) is 1. The molecular weight excluding hydrogens is 302 g/mol. The number of allylic oxidation sites excluding steroid dienone is 4. The molecule has 0 bridgehead atoms. The molecule has 24 heavy (non-hydrogen) atoms. The predicted molar refractivity (Wildman–Crippen MR) is 94.3 cm³/mol. The number of benzene rings is 1. The van der Waals surface area contributed by atoms with Crippen LogP contribution in [0.1, 0.15) is 31.2 Å². The molecule has 1 aromatic rings. The Kier molecular flexibility index (Phi) is 4.95. The molecule has 0 heterocycles.